The van der Waals surface area contributed by atoms with E-state index in [-0.39, 0.29) is 17.2 Å². The number of imide groups is 1. The number of hydrogen-bond donors (Lipinski definition) is 0. The van der Waals surface area contributed by atoms with Gasteiger partial charge < -0.3 is 9.47 Å². The van der Waals surface area contributed by atoms with Gasteiger partial charge in [0, 0.05) is 15.6 Å². The SMILES string of the molecule is CCOc1cc(/C=C2/SC(=O)N(CC(=O)c3ccc(Cl)cc3)C2=O)cc(I)c1OCc1ccc(Cl)cc1. The van der Waals surface area contributed by atoms with E-state index in [2.05, 4.69) is 22.6 Å². The van der Waals surface area contributed by atoms with E-state index < -0.39 is 11.1 Å². The highest BCUT2D eigenvalue weighted by molar-refractivity contribution is 14.1. The van der Waals surface area contributed by atoms with Crippen LogP contribution in [-0.2, 0) is 11.4 Å². The second kappa shape index (κ2) is 12.3. The molecule has 4 rings (SSSR count). The summed E-state index contributed by atoms with van der Waals surface area (Å²) in [5.74, 6) is 0.229. The molecule has 2 amide bonds. The number of amides is 2. The minimum atomic E-state index is -0.520. The van der Waals surface area contributed by atoms with Crippen LogP contribution in [0.5, 0.6) is 11.5 Å². The molecule has 1 saturated heterocycles. The maximum Gasteiger partial charge on any atom is 0.293 e. The van der Waals surface area contributed by atoms with Gasteiger partial charge in [-0.2, -0.15) is 0 Å². The second-order valence-corrected chi connectivity index (χ2v) is 10.9. The number of Topliss-reactive ketones (excluding diaryl/α,β-unsaturated/α-hetero) is 1. The maximum absolute atomic E-state index is 13.0. The fourth-order valence-electron chi connectivity index (χ4n) is 3.47. The van der Waals surface area contributed by atoms with Crippen LogP contribution in [0, 0.1) is 3.57 Å². The van der Waals surface area contributed by atoms with E-state index in [9.17, 15) is 14.4 Å². The van der Waals surface area contributed by atoms with Gasteiger partial charge in [-0.15, -0.1) is 0 Å². The van der Waals surface area contributed by atoms with E-state index in [1.807, 2.05) is 25.1 Å². The smallest absolute Gasteiger partial charge is 0.293 e. The molecular weight excluding hydrogens is 648 g/mol. The van der Waals surface area contributed by atoms with Crippen molar-refractivity contribution in [1.29, 1.82) is 0 Å². The average Bonchev–Trinajstić information content (AvgIpc) is 3.12. The zero-order chi connectivity index (χ0) is 26.5. The molecule has 0 N–H and O–H groups in total. The fourth-order valence-corrected chi connectivity index (χ4v) is 5.34. The van der Waals surface area contributed by atoms with E-state index in [1.54, 1.807) is 48.5 Å². The van der Waals surface area contributed by atoms with E-state index in [1.165, 1.54) is 0 Å². The summed E-state index contributed by atoms with van der Waals surface area (Å²) in [6.45, 7) is 2.27. The van der Waals surface area contributed by atoms with Crippen molar-refractivity contribution in [3.05, 3.63) is 95.9 Å². The molecule has 1 aliphatic heterocycles. The molecule has 10 heteroatoms. The molecule has 3 aromatic rings. The van der Waals surface area contributed by atoms with Crippen LogP contribution >= 0.6 is 57.6 Å². The van der Waals surface area contributed by atoms with Crippen molar-refractivity contribution >= 4 is 80.6 Å². The van der Waals surface area contributed by atoms with Crippen molar-refractivity contribution in [3.63, 3.8) is 0 Å². The number of thioether (sulfide) groups is 1. The van der Waals surface area contributed by atoms with Crippen LogP contribution in [0.4, 0.5) is 4.79 Å². The number of hydrogen-bond acceptors (Lipinski definition) is 6. The molecule has 190 valence electrons. The Morgan fingerprint density at radius 2 is 1.65 bits per heavy atom. The summed E-state index contributed by atoms with van der Waals surface area (Å²) in [5, 5.41) is 0.644. The molecule has 0 saturated carbocycles. The Bertz CT molecular complexity index is 1380. The number of carbonyl (C=O) groups excluding carboxylic acids is 3. The van der Waals surface area contributed by atoms with Gasteiger partial charge in [-0.1, -0.05) is 35.3 Å². The number of nitrogens with zero attached hydrogens (tertiary/aromatic N) is 1. The van der Waals surface area contributed by atoms with Gasteiger partial charge in [0.1, 0.15) is 6.61 Å². The predicted molar refractivity (Wildman–Crippen MR) is 155 cm³/mol. The lowest BCUT2D eigenvalue weighted by Gasteiger charge is -2.15. The van der Waals surface area contributed by atoms with Crippen molar-refractivity contribution in [2.75, 3.05) is 13.2 Å². The summed E-state index contributed by atoms with van der Waals surface area (Å²) in [6, 6.07) is 17.3. The first-order valence-corrected chi connectivity index (χ1v) is 13.8. The zero-order valence-electron chi connectivity index (χ0n) is 19.5. The largest absolute Gasteiger partial charge is 0.490 e. The molecule has 0 bridgehead atoms. The van der Waals surface area contributed by atoms with Crippen LogP contribution in [0.25, 0.3) is 6.08 Å². The summed E-state index contributed by atoms with van der Waals surface area (Å²) >= 11 is 14.8. The predicted octanol–water partition coefficient (Wildman–Crippen LogP) is 7.49. The summed E-state index contributed by atoms with van der Waals surface area (Å²) in [5.41, 5.74) is 1.99. The molecule has 1 fully saturated rings. The third-order valence-corrected chi connectivity index (χ3v) is 7.48. The van der Waals surface area contributed by atoms with E-state index in [0.29, 0.717) is 45.9 Å². The lowest BCUT2D eigenvalue weighted by atomic mass is 10.1. The van der Waals surface area contributed by atoms with Gasteiger partial charge in [-0.25, -0.2) is 0 Å². The Labute approximate surface area is 242 Å². The van der Waals surface area contributed by atoms with Gasteiger partial charge >= 0.3 is 0 Å². The van der Waals surface area contributed by atoms with Crippen LogP contribution in [0.3, 0.4) is 0 Å². The van der Waals surface area contributed by atoms with Gasteiger partial charge in [0.05, 0.1) is 21.6 Å². The lowest BCUT2D eigenvalue weighted by molar-refractivity contribution is -0.122. The minimum absolute atomic E-state index is 0.224. The van der Waals surface area contributed by atoms with Crippen molar-refractivity contribution < 1.29 is 23.9 Å². The van der Waals surface area contributed by atoms with Gasteiger partial charge in [0.2, 0.25) is 0 Å². The van der Waals surface area contributed by atoms with Crippen LogP contribution < -0.4 is 9.47 Å². The number of ether oxygens (including phenoxy) is 2. The Morgan fingerprint density at radius 3 is 2.30 bits per heavy atom. The lowest BCUT2D eigenvalue weighted by Crippen LogP contribution is -2.33. The zero-order valence-corrected chi connectivity index (χ0v) is 24.0. The van der Waals surface area contributed by atoms with Gasteiger partial charge in [0.15, 0.2) is 17.3 Å². The Morgan fingerprint density at radius 1 is 1.00 bits per heavy atom. The number of carbonyl (C=O) groups is 3. The molecule has 0 radical (unpaired) electrons. The molecule has 0 aromatic heterocycles. The summed E-state index contributed by atoms with van der Waals surface area (Å²) < 4.78 is 12.6. The van der Waals surface area contributed by atoms with Crippen molar-refractivity contribution in [2.45, 2.75) is 13.5 Å². The summed E-state index contributed by atoms with van der Waals surface area (Å²) in [4.78, 5) is 39.3. The minimum Gasteiger partial charge on any atom is -0.490 e. The molecule has 0 unspecified atom stereocenters. The Hall–Kier alpha value is -2.53. The molecule has 37 heavy (non-hydrogen) atoms. The number of ketones is 1. The molecule has 1 aliphatic rings. The van der Waals surface area contributed by atoms with E-state index >= 15 is 0 Å². The van der Waals surface area contributed by atoms with Crippen LogP contribution in [0.1, 0.15) is 28.4 Å². The van der Waals surface area contributed by atoms with Gasteiger partial charge in [-0.05, 0) is 107 Å². The molecule has 3 aromatic carbocycles. The molecular formula is C27H20Cl2INO5S. The molecule has 1 heterocycles. The maximum atomic E-state index is 13.0. The van der Waals surface area contributed by atoms with Crippen molar-refractivity contribution in [3.8, 4) is 11.5 Å². The van der Waals surface area contributed by atoms with E-state index in [4.69, 9.17) is 32.7 Å². The normalized spacial score (nSPS) is 14.4. The second-order valence-electron chi connectivity index (χ2n) is 7.88. The number of benzene rings is 3. The molecule has 0 spiro atoms. The third kappa shape index (κ3) is 6.87. The number of rotatable bonds is 9. The third-order valence-electron chi connectivity index (χ3n) is 5.27. The topological polar surface area (TPSA) is 72.9 Å². The first-order chi connectivity index (χ1) is 17.7. The average molecular weight is 668 g/mol. The van der Waals surface area contributed by atoms with Crippen LogP contribution in [0.2, 0.25) is 10.0 Å². The molecule has 6 nitrogen and oxygen atoms in total. The molecule has 0 atom stereocenters. The quantitative estimate of drug-likeness (QED) is 0.134. The van der Waals surface area contributed by atoms with Gasteiger partial charge in [0.25, 0.3) is 11.1 Å². The van der Waals surface area contributed by atoms with Crippen LogP contribution in [-0.4, -0.2) is 35.0 Å². The molecule has 0 aliphatic carbocycles. The fraction of sp³-hybridized carbons (Fsp3) is 0.148. The van der Waals surface area contributed by atoms with Crippen LogP contribution in [0.15, 0.2) is 65.6 Å². The van der Waals surface area contributed by atoms with Gasteiger partial charge in [-0.3, -0.25) is 19.3 Å². The summed E-state index contributed by atoms with van der Waals surface area (Å²) in [6.07, 6.45) is 1.62. The van der Waals surface area contributed by atoms with Crippen molar-refractivity contribution in [2.24, 2.45) is 0 Å². The number of halogens is 3. The highest BCUT2D eigenvalue weighted by atomic mass is 127. The Balaban J connectivity index is 1.52. The first kappa shape index (κ1) is 27.5. The van der Waals surface area contributed by atoms with Crippen molar-refractivity contribution in [1.82, 2.24) is 4.90 Å². The highest BCUT2D eigenvalue weighted by Gasteiger charge is 2.36. The van der Waals surface area contributed by atoms with E-state index in [0.717, 1.165) is 25.8 Å². The monoisotopic (exact) mass is 667 g/mol. The highest BCUT2D eigenvalue weighted by Crippen LogP contribution is 2.38. The first-order valence-electron chi connectivity index (χ1n) is 11.1. The standard InChI is InChI=1S/C27H20Cl2INO5S/c1-2-35-23-12-17(11-21(30)25(23)36-15-16-3-7-19(28)8-4-16)13-24-26(33)31(27(34)37-24)14-22(32)18-5-9-20(29)10-6-18/h3-13H,2,14-15H2,1H3/b24-13+. The summed E-state index contributed by atoms with van der Waals surface area (Å²) in [7, 11) is 0. The Kier molecular flexibility index (Phi) is 9.17.